The van der Waals surface area contributed by atoms with Crippen molar-refractivity contribution >= 4 is 5.69 Å². The van der Waals surface area contributed by atoms with Crippen LogP contribution >= 0.6 is 0 Å². The number of rotatable bonds is 4. The number of nitrogens with zero attached hydrogens (tertiary/aromatic N) is 4. The van der Waals surface area contributed by atoms with Gasteiger partial charge >= 0.3 is 0 Å². The van der Waals surface area contributed by atoms with Gasteiger partial charge in [0, 0.05) is 31.2 Å². The van der Waals surface area contributed by atoms with Gasteiger partial charge in [0.15, 0.2) is 0 Å². The molecule has 2 aliphatic heterocycles. The van der Waals surface area contributed by atoms with Crippen LogP contribution in [0.2, 0.25) is 0 Å². The largest absolute Gasteiger partial charge is 0.490 e. The monoisotopic (exact) mass is 367 g/mol. The van der Waals surface area contributed by atoms with Crippen LogP contribution in [0.5, 0.6) is 5.75 Å². The highest BCUT2D eigenvalue weighted by Crippen LogP contribution is 2.31. The third kappa shape index (κ3) is 3.40. The van der Waals surface area contributed by atoms with Gasteiger partial charge in [-0.2, -0.15) is 0 Å². The van der Waals surface area contributed by atoms with E-state index in [2.05, 4.69) is 20.6 Å². The van der Waals surface area contributed by atoms with Crippen molar-refractivity contribution in [2.45, 2.75) is 25.3 Å². The van der Waals surface area contributed by atoms with Crippen LogP contribution in [0, 0.1) is 0 Å². The maximum absolute atomic E-state index is 5.93. The second-order valence-electron chi connectivity index (χ2n) is 6.83. The van der Waals surface area contributed by atoms with E-state index in [0.717, 1.165) is 61.1 Å². The molecule has 1 fully saturated rings. The summed E-state index contributed by atoms with van der Waals surface area (Å²) in [6.07, 6.45) is 5.71. The molecule has 2 aromatic heterocycles. The molecule has 0 bridgehead atoms. The predicted octanol–water partition coefficient (Wildman–Crippen LogP) is 2.68. The second-order valence-corrected chi connectivity index (χ2v) is 6.83. The zero-order valence-corrected chi connectivity index (χ0v) is 14.9. The van der Waals surface area contributed by atoms with Gasteiger partial charge in [0.2, 0.25) is 5.89 Å². The lowest BCUT2D eigenvalue weighted by Crippen LogP contribution is -2.17. The molecule has 140 valence electrons. The Morgan fingerprint density at radius 3 is 3.04 bits per heavy atom. The van der Waals surface area contributed by atoms with Gasteiger partial charge in [0.1, 0.15) is 30.4 Å². The van der Waals surface area contributed by atoms with Crippen molar-refractivity contribution in [2.24, 2.45) is 0 Å². The average Bonchev–Trinajstić information content (AvgIpc) is 3.38. The van der Waals surface area contributed by atoms with Gasteiger partial charge in [-0.1, -0.05) is 5.21 Å². The highest BCUT2D eigenvalue weighted by atomic mass is 16.5. The first-order valence-electron chi connectivity index (χ1n) is 9.29. The van der Waals surface area contributed by atoms with Crippen molar-refractivity contribution in [3.05, 3.63) is 42.2 Å². The molecule has 3 aromatic rings. The summed E-state index contributed by atoms with van der Waals surface area (Å²) in [5, 5.41) is 11.8. The van der Waals surface area contributed by atoms with Gasteiger partial charge in [-0.15, -0.1) is 5.10 Å². The van der Waals surface area contributed by atoms with Gasteiger partial charge in [-0.3, -0.25) is 0 Å². The summed E-state index contributed by atoms with van der Waals surface area (Å²) in [5.41, 5.74) is 2.79. The van der Waals surface area contributed by atoms with Crippen molar-refractivity contribution in [2.75, 3.05) is 31.7 Å². The minimum absolute atomic E-state index is 0.400. The SMILES string of the molecule is c1cc2c(cc1-c1cn(Cc3ncc(C4CCOCC4)o3)nn1)NCCO2. The zero-order valence-electron chi connectivity index (χ0n) is 14.9. The Morgan fingerprint density at radius 2 is 2.11 bits per heavy atom. The van der Waals surface area contributed by atoms with E-state index in [-0.39, 0.29) is 0 Å². The van der Waals surface area contributed by atoms with Crippen LogP contribution in [-0.4, -0.2) is 46.3 Å². The number of benzene rings is 1. The molecule has 0 spiro atoms. The van der Waals surface area contributed by atoms with Gasteiger partial charge in [0.05, 0.1) is 18.1 Å². The van der Waals surface area contributed by atoms with E-state index in [4.69, 9.17) is 13.9 Å². The third-order valence-corrected chi connectivity index (χ3v) is 4.98. The molecule has 0 saturated carbocycles. The maximum Gasteiger partial charge on any atom is 0.216 e. The first-order chi connectivity index (χ1) is 13.3. The van der Waals surface area contributed by atoms with Crippen LogP contribution in [-0.2, 0) is 11.3 Å². The first-order valence-corrected chi connectivity index (χ1v) is 9.29. The summed E-state index contributed by atoms with van der Waals surface area (Å²) in [6.45, 7) is 3.53. The number of fused-ring (bicyclic) bond motifs is 1. The summed E-state index contributed by atoms with van der Waals surface area (Å²) in [5.74, 6) is 2.86. The lowest BCUT2D eigenvalue weighted by Gasteiger charge is -2.19. The highest BCUT2D eigenvalue weighted by Gasteiger charge is 2.20. The van der Waals surface area contributed by atoms with E-state index < -0.39 is 0 Å². The molecule has 4 heterocycles. The number of oxazole rings is 1. The highest BCUT2D eigenvalue weighted by molar-refractivity contribution is 5.69. The minimum Gasteiger partial charge on any atom is -0.490 e. The Morgan fingerprint density at radius 1 is 1.19 bits per heavy atom. The quantitative estimate of drug-likeness (QED) is 0.758. The zero-order chi connectivity index (χ0) is 18.1. The summed E-state index contributed by atoms with van der Waals surface area (Å²) >= 11 is 0. The van der Waals surface area contributed by atoms with E-state index in [9.17, 15) is 0 Å². The molecule has 0 aliphatic carbocycles. The van der Waals surface area contributed by atoms with E-state index >= 15 is 0 Å². The van der Waals surface area contributed by atoms with Crippen molar-refractivity contribution < 1.29 is 13.9 Å². The average molecular weight is 367 g/mol. The predicted molar refractivity (Wildman–Crippen MR) is 97.8 cm³/mol. The Kier molecular flexibility index (Phi) is 4.25. The fourth-order valence-corrected chi connectivity index (χ4v) is 3.51. The summed E-state index contributed by atoms with van der Waals surface area (Å²) in [4.78, 5) is 4.40. The molecule has 1 saturated heterocycles. The molecule has 2 aliphatic rings. The molecular weight excluding hydrogens is 346 g/mol. The maximum atomic E-state index is 5.93. The molecule has 1 aromatic carbocycles. The van der Waals surface area contributed by atoms with Crippen molar-refractivity contribution in [1.82, 2.24) is 20.0 Å². The number of hydrogen-bond donors (Lipinski definition) is 1. The van der Waals surface area contributed by atoms with Gasteiger partial charge in [0.25, 0.3) is 0 Å². The molecule has 27 heavy (non-hydrogen) atoms. The van der Waals surface area contributed by atoms with Crippen molar-refractivity contribution in [1.29, 1.82) is 0 Å². The molecule has 0 unspecified atom stereocenters. The first kappa shape index (κ1) is 16.3. The van der Waals surface area contributed by atoms with Gasteiger partial charge < -0.3 is 19.2 Å². The topological polar surface area (TPSA) is 87.2 Å². The van der Waals surface area contributed by atoms with E-state index in [0.29, 0.717) is 25.0 Å². The van der Waals surface area contributed by atoms with Crippen molar-refractivity contribution in [3.8, 4) is 17.0 Å². The Labute approximate surface area is 156 Å². The van der Waals surface area contributed by atoms with Crippen LogP contribution < -0.4 is 10.1 Å². The molecule has 8 nitrogen and oxygen atoms in total. The normalized spacial score (nSPS) is 17.2. The lowest BCUT2D eigenvalue weighted by atomic mass is 9.98. The van der Waals surface area contributed by atoms with Crippen LogP contribution in [0.3, 0.4) is 0 Å². The molecule has 8 heteroatoms. The summed E-state index contributed by atoms with van der Waals surface area (Å²) < 4.78 is 18.7. The van der Waals surface area contributed by atoms with Crippen molar-refractivity contribution in [3.63, 3.8) is 0 Å². The Hall–Kier alpha value is -2.87. The molecule has 0 atom stereocenters. The van der Waals surface area contributed by atoms with E-state index in [1.165, 1.54) is 0 Å². The Balaban J connectivity index is 1.30. The molecule has 5 rings (SSSR count). The van der Waals surface area contributed by atoms with Crippen LogP contribution in [0.25, 0.3) is 11.3 Å². The van der Waals surface area contributed by atoms with E-state index in [1.54, 1.807) is 4.68 Å². The van der Waals surface area contributed by atoms with Gasteiger partial charge in [-0.05, 0) is 31.0 Å². The van der Waals surface area contributed by atoms with Crippen LogP contribution in [0.4, 0.5) is 5.69 Å². The van der Waals surface area contributed by atoms with Crippen LogP contribution in [0.1, 0.15) is 30.4 Å². The number of aromatic nitrogens is 4. The Bertz CT molecular complexity index is 929. The number of nitrogens with one attached hydrogen (secondary N) is 1. The second kappa shape index (κ2) is 7.03. The summed E-state index contributed by atoms with van der Waals surface area (Å²) in [6, 6.07) is 6.00. The lowest BCUT2D eigenvalue weighted by molar-refractivity contribution is 0.0803. The number of hydrogen-bond acceptors (Lipinski definition) is 7. The minimum atomic E-state index is 0.400. The fraction of sp³-hybridized carbons (Fsp3) is 0.421. The van der Waals surface area contributed by atoms with Gasteiger partial charge in [-0.25, -0.2) is 9.67 Å². The molecule has 1 N–H and O–H groups in total. The molecule has 0 radical (unpaired) electrons. The molecule has 0 amide bonds. The summed E-state index contributed by atoms with van der Waals surface area (Å²) in [7, 11) is 0. The van der Waals surface area contributed by atoms with Crippen LogP contribution in [0.15, 0.2) is 35.0 Å². The van der Waals surface area contributed by atoms with E-state index in [1.807, 2.05) is 30.6 Å². The number of anilines is 1. The third-order valence-electron chi connectivity index (χ3n) is 4.98. The fourth-order valence-electron chi connectivity index (χ4n) is 3.51. The molecular formula is C19H21N5O3. The standard InChI is InChI=1S/C19H21N5O3/c1-2-17-15(20-5-8-26-17)9-14(1)16-11-24(23-22-16)12-19-21-10-18(27-19)13-3-6-25-7-4-13/h1-2,9-11,13,20H,3-8,12H2. The number of ether oxygens (including phenoxy) is 2. The smallest absolute Gasteiger partial charge is 0.216 e.